The molecule has 0 atom stereocenters. The summed E-state index contributed by atoms with van der Waals surface area (Å²) in [6, 6.07) is 6.76. The van der Waals surface area contributed by atoms with Crippen molar-refractivity contribution in [3.8, 4) is 0 Å². The van der Waals surface area contributed by atoms with Gasteiger partial charge < -0.3 is 4.90 Å². The van der Waals surface area contributed by atoms with E-state index in [0.717, 1.165) is 0 Å². The topological polar surface area (TPSA) is 57.7 Å². The number of carbonyl (C=O) groups is 3. The van der Waals surface area contributed by atoms with Crippen LogP contribution in [0.25, 0.3) is 0 Å². The van der Waals surface area contributed by atoms with Crippen molar-refractivity contribution in [2.45, 2.75) is 31.7 Å². The quantitative estimate of drug-likeness (QED) is 0.784. The fourth-order valence-corrected chi connectivity index (χ4v) is 3.23. The summed E-state index contributed by atoms with van der Waals surface area (Å²) in [5.41, 5.74) is 0.608. The highest BCUT2D eigenvalue weighted by atomic mass is 35.5. The molecule has 0 aliphatic carbocycles. The zero-order valence-electron chi connectivity index (χ0n) is 12.1. The Labute approximate surface area is 133 Å². The number of likely N-dealkylation sites (tertiary alicyclic amines) is 2. The number of carbonyl (C=O) groups excluding carboxylic acids is 3. The Hall–Kier alpha value is -1.88. The van der Waals surface area contributed by atoms with Gasteiger partial charge in [-0.15, -0.1) is 0 Å². The van der Waals surface area contributed by atoms with Gasteiger partial charge in [-0.2, -0.15) is 0 Å². The van der Waals surface area contributed by atoms with Crippen LogP contribution in [0, 0.1) is 0 Å². The number of hydrogen-bond acceptors (Lipinski definition) is 3. The van der Waals surface area contributed by atoms with Crippen LogP contribution in [-0.2, 0) is 9.59 Å². The average Bonchev–Trinajstić information content (AvgIpc) is 2.86. The lowest BCUT2D eigenvalue weighted by Crippen LogP contribution is -2.48. The Morgan fingerprint density at radius 2 is 1.55 bits per heavy atom. The lowest BCUT2D eigenvalue weighted by molar-refractivity contribution is -0.141. The molecule has 3 rings (SSSR count). The standard InChI is InChI=1S/C16H17ClN2O3/c17-12-3-1-11(2-4-12)16(22)18-9-7-13(8-10-18)19-14(20)5-6-15(19)21/h1-4,13H,5-10H2. The first-order chi connectivity index (χ1) is 10.6. The summed E-state index contributed by atoms with van der Waals surface area (Å²) in [6.07, 6.45) is 1.94. The van der Waals surface area contributed by atoms with Crippen LogP contribution in [0.1, 0.15) is 36.0 Å². The lowest BCUT2D eigenvalue weighted by Gasteiger charge is -2.35. The maximum atomic E-state index is 12.4. The summed E-state index contributed by atoms with van der Waals surface area (Å²) < 4.78 is 0. The molecule has 1 aromatic carbocycles. The Morgan fingerprint density at radius 1 is 1.00 bits per heavy atom. The second-order valence-electron chi connectivity index (χ2n) is 5.69. The molecule has 6 heteroatoms. The molecule has 0 bridgehead atoms. The highest BCUT2D eigenvalue weighted by Gasteiger charge is 2.37. The van der Waals surface area contributed by atoms with Gasteiger partial charge in [-0.3, -0.25) is 19.3 Å². The van der Waals surface area contributed by atoms with E-state index < -0.39 is 0 Å². The Bertz CT molecular complexity index is 590. The van der Waals surface area contributed by atoms with E-state index in [1.165, 1.54) is 4.90 Å². The van der Waals surface area contributed by atoms with Crippen molar-refractivity contribution < 1.29 is 14.4 Å². The van der Waals surface area contributed by atoms with Gasteiger partial charge in [0.05, 0.1) is 0 Å². The molecule has 2 fully saturated rings. The van der Waals surface area contributed by atoms with Gasteiger partial charge in [-0.05, 0) is 37.1 Å². The van der Waals surface area contributed by atoms with Crippen LogP contribution >= 0.6 is 11.6 Å². The van der Waals surface area contributed by atoms with Gasteiger partial charge in [0.1, 0.15) is 0 Å². The summed E-state index contributed by atoms with van der Waals surface area (Å²) in [5, 5.41) is 0.598. The van der Waals surface area contributed by atoms with Crippen LogP contribution in [0.3, 0.4) is 0 Å². The van der Waals surface area contributed by atoms with Crippen LogP contribution < -0.4 is 0 Å². The molecule has 0 unspecified atom stereocenters. The summed E-state index contributed by atoms with van der Waals surface area (Å²) >= 11 is 5.83. The van der Waals surface area contributed by atoms with Crippen LogP contribution in [0.2, 0.25) is 5.02 Å². The molecule has 2 aliphatic rings. The van der Waals surface area contributed by atoms with E-state index in [4.69, 9.17) is 11.6 Å². The van der Waals surface area contributed by atoms with Crippen molar-refractivity contribution in [1.29, 1.82) is 0 Å². The molecule has 22 heavy (non-hydrogen) atoms. The second-order valence-corrected chi connectivity index (χ2v) is 6.12. The van der Waals surface area contributed by atoms with Crippen molar-refractivity contribution >= 4 is 29.3 Å². The number of amides is 3. The molecule has 116 valence electrons. The number of nitrogens with zero attached hydrogens (tertiary/aromatic N) is 2. The molecule has 0 saturated carbocycles. The minimum Gasteiger partial charge on any atom is -0.338 e. The number of benzene rings is 1. The van der Waals surface area contributed by atoms with Crippen molar-refractivity contribution in [2.24, 2.45) is 0 Å². The maximum absolute atomic E-state index is 12.4. The first-order valence-corrected chi connectivity index (χ1v) is 7.84. The zero-order valence-corrected chi connectivity index (χ0v) is 12.9. The number of imide groups is 1. The van der Waals surface area contributed by atoms with E-state index >= 15 is 0 Å². The third kappa shape index (κ3) is 2.86. The molecule has 5 nitrogen and oxygen atoms in total. The summed E-state index contributed by atoms with van der Waals surface area (Å²) in [4.78, 5) is 39.1. The molecule has 2 aliphatic heterocycles. The monoisotopic (exact) mass is 320 g/mol. The highest BCUT2D eigenvalue weighted by molar-refractivity contribution is 6.30. The van der Waals surface area contributed by atoms with E-state index in [0.29, 0.717) is 49.4 Å². The molecule has 2 heterocycles. The molecule has 0 spiro atoms. The number of piperidine rings is 1. The summed E-state index contributed by atoms with van der Waals surface area (Å²) in [6.45, 7) is 1.12. The van der Waals surface area contributed by atoms with E-state index in [-0.39, 0.29) is 23.8 Å². The molecular weight excluding hydrogens is 304 g/mol. The van der Waals surface area contributed by atoms with Gasteiger partial charge in [-0.1, -0.05) is 11.6 Å². The predicted molar refractivity (Wildman–Crippen MR) is 81.5 cm³/mol. The van der Waals surface area contributed by atoms with E-state index in [1.807, 2.05) is 0 Å². The number of rotatable bonds is 2. The predicted octanol–water partition coefficient (Wildman–Crippen LogP) is 2.09. The van der Waals surface area contributed by atoms with Crippen LogP contribution in [0.4, 0.5) is 0 Å². The van der Waals surface area contributed by atoms with Gasteiger partial charge in [-0.25, -0.2) is 0 Å². The van der Waals surface area contributed by atoms with Gasteiger partial charge in [0.15, 0.2) is 0 Å². The van der Waals surface area contributed by atoms with E-state index in [2.05, 4.69) is 0 Å². The molecule has 1 aromatic rings. The first-order valence-electron chi connectivity index (χ1n) is 7.46. The molecule has 0 N–H and O–H groups in total. The lowest BCUT2D eigenvalue weighted by atomic mass is 10.0. The highest BCUT2D eigenvalue weighted by Crippen LogP contribution is 2.24. The third-order valence-electron chi connectivity index (χ3n) is 4.30. The Kier molecular flexibility index (Phi) is 4.16. The SMILES string of the molecule is O=C(c1ccc(Cl)cc1)N1CCC(N2C(=O)CCC2=O)CC1. The maximum Gasteiger partial charge on any atom is 0.253 e. The number of hydrogen-bond donors (Lipinski definition) is 0. The Balaban J connectivity index is 1.62. The van der Waals surface area contributed by atoms with Crippen LogP contribution in [0.15, 0.2) is 24.3 Å². The third-order valence-corrected chi connectivity index (χ3v) is 4.55. The number of halogens is 1. The van der Waals surface area contributed by atoms with Crippen molar-refractivity contribution in [3.63, 3.8) is 0 Å². The fourth-order valence-electron chi connectivity index (χ4n) is 3.10. The molecule has 2 saturated heterocycles. The van der Waals surface area contributed by atoms with Gasteiger partial charge >= 0.3 is 0 Å². The van der Waals surface area contributed by atoms with Gasteiger partial charge in [0.25, 0.3) is 5.91 Å². The molecular formula is C16H17ClN2O3. The normalized spacial score (nSPS) is 19.9. The summed E-state index contributed by atoms with van der Waals surface area (Å²) in [5.74, 6) is -0.186. The smallest absolute Gasteiger partial charge is 0.253 e. The van der Waals surface area contributed by atoms with Gasteiger partial charge in [0, 0.05) is 42.6 Å². The van der Waals surface area contributed by atoms with Crippen molar-refractivity contribution in [3.05, 3.63) is 34.9 Å². The minimum atomic E-state index is -0.0764. The molecule has 3 amide bonds. The minimum absolute atomic E-state index is 0.0332. The van der Waals surface area contributed by atoms with Crippen molar-refractivity contribution in [1.82, 2.24) is 9.80 Å². The molecule has 0 radical (unpaired) electrons. The van der Waals surface area contributed by atoms with E-state index in [1.54, 1.807) is 29.2 Å². The average molecular weight is 321 g/mol. The zero-order chi connectivity index (χ0) is 15.7. The fraction of sp³-hybridized carbons (Fsp3) is 0.438. The van der Waals surface area contributed by atoms with Crippen LogP contribution in [-0.4, -0.2) is 46.7 Å². The van der Waals surface area contributed by atoms with Crippen molar-refractivity contribution in [2.75, 3.05) is 13.1 Å². The van der Waals surface area contributed by atoms with Gasteiger partial charge in [0.2, 0.25) is 11.8 Å². The summed E-state index contributed by atoms with van der Waals surface area (Å²) in [7, 11) is 0. The Morgan fingerprint density at radius 3 is 2.09 bits per heavy atom. The second kappa shape index (κ2) is 6.08. The first kappa shape index (κ1) is 15.0. The molecule has 0 aromatic heterocycles. The van der Waals surface area contributed by atoms with E-state index in [9.17, 15) is 14.4 Å². The largest absolute Gasteiger partial charge is 0.338 e. The van der Waals surface area contributed by atoms with Crippen LogP contribution in [0.5, 0.6) is 0 Å².